The molecule has 1 saturated heterocycles. The number of nitrogens with zero attached hydrogens (tertiary/aromatic N) is 1. The maximum Gasteiger partial charge on any atom is 0.291 e. The van der Waals surface area contributed by atoms with Crippen LogP contribution in [0, 0.1) is 17.0 Å². The van der Waals surface area contributed by atoms with Gasteiger partial charge in [-0.15, -0.1) is 0 Å². The Hall–Kier alpha value is -2.54. The Balaban J connectivity index is 1.60. The highest BCUT2D eigenvalue weighted by Gasteiger charge is 2.41. The van der Waals surface area contributed by atoms with Gasteiger partial charge in [0, 0.05) is 23.6 Å². The fourth-order valence-electron chi connectivity index (χ4n) is 4.31. The number of ketones is 1. The third-order valence-corrected chi connectivity index (χ3v) is 7.95. The van der Waals surface area contributed by atoms with Crippen molar-refractivity contribution in [1.29, 1.82) is 0 Å². The Kier molecular flexibility index (Phi) is 9.22. The van der Waals surface area contributed by atoms with E-state index >= 15 is 0 Å². The van der Waals surface area contributed by atoms with Crippen molar-refractivity contribution in [2.75, 3.05) is 12.3 Å². The molecule has 0 spiro atoms. The highest BCUT2D eigenvalue weighted by Crippen LogP contribution is 2.32. The van der Waals surface area contributed by atoms with Gasteiger partial charge in [0.2, 0.25) is 10.9 Å². The SMILES string of the molecule is CCC(C)(C)C(=O)C(=O)N1CCCC1C(=O)SCCCC(c1ccc(F)cc1)c1ccc(F)cc1. The predicted molar refractivity (Wildman–Crippen MR) is 135 cm³/mol. The first-order valence-corrected chi connectivity index (χ1v) is 13.2. The second-order valence-electron chi connectivity index (χ2n) is 9.69. The molecule has 1 aliphatic heterocycles. The molecule has 0 radical (unpaired) electrons. The topological polar surface area (TPSA) is 54.5 Å². The first-order valence-electron chi connectivity index (χ1n) is 12.2. The summed E-state index contributed by atoms with van der Waals surface area (Å²) >= 11 is 1.19. The summed E-state index contributed by atoms with van der Waals surface area (Å²) in [5.41, 5.74) is 1.12. The van der Waals surface area contributed by atoms with Crippen molar-refractivity contribution < 1.29 is 23.2 Å². The Morgan fingerprint density at radius 2 is 1.54 bits per heavy atom. The number of carbonyl (C=O) groups is 3. The second kappa shape index (κ2) is 11.9. The Morgan fingerprint density at radius 3 is 2.06 bits per heavy atom. The normalized spacial score (nSPS) is 16.1. The van der Waals surface area contributed by atoms with Crippen LogP contribution in [0.25, 0.3) is 0 Å². The first-order chi connectivity index (χ1) is 16.6. The lowest BCUT2D eigenvalue weighted by Crippen LogP contribution is -2.47. The number of hydrogen-bond donors (Lipinski definition) is 0. The van der Waals surface area contributed by atoms with Crippen LogP contribution in [0.2, 0.25) is 0 Å². The van der Waals surface area contributed by atoms with E-state index in [0.717, 1.165) is 11.1 Å². The smallest absolute Gasteiger partial charge is 0.291 e. The molecule has 1 atom stereocenters. The number of benzene rings is 2. The van der Waals surface area contributed by atoms with E-state index in [-0.39, 0.29) is 22.7 Å². The van der Waals surface area contributed by atoms with Crippen LogP contribution in [-0.4, -0.2) is 40.0 Å². The van der Waals surface area contributed by atoms with Crippen LogP contribution in [0.15, 0.2) is 48.5 Å². The molecule has 0 bridgehead atoms. The van der Waals surface area contributed by atoms with Gasteiger partial charge in [0.25, 0.3) is 5.91 Å². The van der Waals surface area contributed by atoms with E-state index in [2.05, 4.69) is 0 Å². The summed E-state index contributed by atoms with van der Waals surface area (Å²) in [6.45, 7) is 5.82. The van der Waals surface area contributed by atoms with E-state index in [1.807, 2.05) is 6.92 Å². The van der Waals surface area contributed by atoms with Crippen LogP contribution in [0.3, 0.4) is 0 Å². The maximum absolute atomic E-state index is 13.4. The number of halogens is 2. The zero-order valence-corrected chi connectivity index (χ0v) is 21.4. The van der Waals surface area contributed by atoms with E-state index in [0.29, 0.717) is 44.4 Å². The van der Waals surface area contributed by atoms with Gasteiger partial charge in [0.05, 0.1) is 0 Å². The number of Topliss-reactive ketones (excluding diaryl/α,β-unsaturated/α-hetero) is 1. The molecule has 0 aliphatic carbocycles. The summed E-state index contributed by atoms with van der Waals surface area (Å²) in [6, 6.07) is 12.0. The van der Waals surface area contributed by atoms with Gasteiger partial charge in [-0.25, -0.2) is 8.78 Å². The standard InChI is InChI=1S/C28H33F2NO3S/c1-4-28(2,3)25(32)26(33)31-17-5-8-24(31)27(34)35-18-6-7-23(19-9-13-21(29)14-10-19)20-11-15-22(30)16-12-20/h9-16,23-24H,4-8,17-18H2,1-3H3. The molecule has 1 fully saturated rings. The van der Waals surface area contributed by atoms with Crippen molar-refractivity contribution in [2.45, 2.75) is 64.8 Å². The molecule has 188 valence electrons. The summed E-state index contributed by atoms with van der Waals surface area (Å²) in [7, 11) is 0. The number of hydrogen-bond acceptors (Lipinski definition) is 4. The molecule has 2 aromatic carbocycles. The number of carbonyl (C=O) groups excluding carboxylic acids is 3. The molecule has 1 amide bonds. The third kappa shape index (κ3) is 6.78. The lowest BCUT2D eigenvalue weighted by molar-refractivity contribution is -0.150. The second-order valence-corrected chi connectivity index (χ2v) is 10.8. The molecule has 0 aromatic heterocycles. The molecule has 4 nitrogen and oxygen atoms in total. The van der Waals surface area contributed by atoms with Crippen molar-refractivity contribution >= 4 is 28.6 Å². The average molecular weight is 502 g/mol. The lowest BCUT2D eigenvalue weighted by atomic mass is 9.84. The fourth-order valence-corrected chi connectivity index (χ4v) is 5.26. The van der Waals surface area contributed by atoms with E-state index < -0.39 is 23.1 Å². The van der Waals surface area contributed by atoms with Crippen LogP contribution < -0.4 is 0 Å². The van der Waals surface area contributed by atoms with Gasteiger partial charge in [0.1, 0.15) is 17.7 Å². The zero-order valence-electron chi connectivity index (χ0n) is 20.6. The average Bonchev–Trinajstić information content (AvgIpc) is 3.34. The molecule has 1 aliphatic rings. The molecule has 35 heavy (non-hydrogen) atoms. The van der Waals surface area contributed by atoms with Crippen LogP contribution in [0.5, 0.6) is 0 Å². The summed E-state index contributed by atoms with van der Waals surface area (Å²) in [4.78, 5) is 39.8. The molecule has 2 aromatic rings. The largest absolute Gasteiger partial charge is 0.325 e. The summed E-state index contributed by atoms with van der Waals surface area (Å²) in [5.74, 6) is -1.11. The van der Waals surface area contributed by atoms with Crippen molar-refractivity contribution in [3.8, 4) is 0 Å². The number of thioether (sulfide) groups is 1. The zero-order chi connectivity index (χ0) is 25.6. The van der Waals surface area contributed by atoms with Gasteiger partial charge in [-0.05, 0) is 67.5 Å². The first kappa shape index (κ1) is 27.1. The van der Waals surface area contributed by atoms with Crippen LogP contribution in [0.1, 0.15) is 69.9 Å². The lowest BCUT2D eigenvalue weighted by Gasteiger charge is -2.27. The molecule has 7 heteroatoms. The third-order valence-electron chi connectivity index (χ3n) is 6.90. The van der Waals surface area contributed by atoms with E-state index in [1.54, 1.807) is 38.1 Å². The molecule has 0 saturated carbocycles. The van der Waals surface area contributed by atoms with Gasteiger partial charge in [0.15, 0.2) is 0 Å². The minimum atomic E-state index is -0.740. The van der Waals surface area contributed by atoms with E-state index in [4.69, 9.17) is 0 Å². The Labute approximate surface area is 210 Å². The number of amides is 1. The minimum Gasteiger partial charge on any atom is -0.325 e. The van der Waals surface area contributed by atoms with Gasteiger partial charge < -0.3 is 4.90 Å². The Morgan fingerprint density at radius 1 is 1.00 bits per heavy atom. The molecular formula is C28H33F2NO3S. The molecule has 1 heterocycles. The summed E-state index contributed by atoms with van der Waals surface area (Å²) < 4.78 is 26.9. The van der Waals surface area contributed by atoms with E-state index in [9.17, 15) is 23.2 Å². The Bertz CT molecular complexity index is 992. The summed E-state index contributed by atoms with van der Waals surface area (Å²) in [6.07, 6.45) is 3.25. The highest BCUT2D eigenvalue weighted by molar-refractivity contribution is 8.13. The van der Waals surface area contributed by atoms with Gasteiger partial charge in [-0.1, -0.05) is 56.8 Å². The van der Waals surface area contributed by atoms with Crippen molar-refractivity contribution in [2.24, 2.45) is 5.41 Å². The fraction of sp³-hybridized carbons (Fsp3) is 0.464. The molecule has 3 rings (SSSR count). The number of rotatable bonds is 10. The molecular weight excluding hydrogens is 468 g/mol. The van der Waals surface area contributed by atoms with Crippen molar-refractivity contribution in [1.82, 2.24) is 4.90 Å². The highest BCUT2D eigenvalue weighted by atomic mass is 32.2. The predicted octanol–water partition coefficient (Wildman–Crippen LogP) is 6.13. The molecule has 1 unspecified atom stereocenters. The minimum absolute atomic E-state index is 0.0506. The molecule has 0 N–H and O–H groups in total. The van der Waals surface area contributed by atoms with Gasteiger partial charge in [-0.3, -0.25) is 14.4 Å². The van der Waals surface area contributed by atoms with Gasteiger partial charge >= 0.3 is 0 Å². The van der Waals surface area contributed by atoms with Crippen molar-refractivity contribution in [3.63, 3.8) is 0 Å². The van der Waals surface area contributed by atoms with E-state index in [1.165, 1.54) is 40.9 Å². The van der Waals surface area contributed by atoms with Crippen LogP contribution in [-0.2, 0) is 14.4 Å². The van der Waals surface area contributed by atoms with Crippen LogP contribution in [0.4, 0.5) is 8.78 Å². The summed E-state index contributed by atoms with van der Waals surface area (Å²) in [5, 5.41) is -0.0851. The van der Waals surface area contributed by atoms with Crippen molar-refractivity contribution in [3.05, 3.63) is 71.3 Å². The monoisotopic (exact) mass is 501 g/mol. The van der Waals surface area contributed by atoms with Gasteiger partial charge in [-0.2, -0.15) is 0 Å². The van der Waals surface area contributed by atoms with Crippen LogP contribution >= 0.6 is 11.8 Å². The number of likely N-dealkylation sites (tertiary alicyclic amines) is 1. The maximum atomic E-state index is 13.4. The quantitative estimate of drug-likeness (QED) is 0.290.